The Labute approximate surface area is 323 Å². The maximum absolute atomic E-state index is 2.42. The van der Waals surface area contributed by atoms with E-state index >= 15 is 0 Å². The van der Waals surface area contributed by atoms with E-state index in [2.05, 4.69) is 216 Å². The van der Waals surface area contributed by atoms with Crippen LogP contribution in [0, 0.1) is 0 Å². The molecule has 9 aromatic carbocycles. The predicted molar refractivity (Wildman–Crippen MR) is 237 cm³/mol. The number of nitrogens with zero attached hydrogens (tertiary/aromatic N) is 2. The first-order chi connectivity index (χ1) is 27.3. The molecule has 2 aromatic heterocycles. The molecule has 55 heavy (non-hydrogen) atoms. The fourth-order valence-corrected chi connectivity index (χ4v) is 9.53. The van der Waals surface area contributed by atoms with Gasteiger partial charge in [0.1, 0.15) is 0 Å². The number of anilines is 3. The van der Waals surface area contributed by atoms with Gasteiger partial charge in [-0.1, -0.05) is 140 Å². The second-order valence-corrected chi connectivity index (χ2v) is 15.2. The van der Waals surface area contributed by atoms with Gasteiger partial charge in [0.25, 0.3) is 0 Å². The zero-order valence-corrected chi connectivity index (χ0v) is 30.7. The number of fused-ring (bicyclic) bond motifs is 8. The molecule has 2 nitrogen and oxygen atoms in total. The molecule has 0 aliphatic carbocycles. The Balaban J connectivity index is 1.09. The van der Waals surface area contributed by atoms with E-state index in [1.54, 1.807) is 0 Å². The van der Waals surface area contributed by atoms with Gasteiger partial charge >= 0.3 is 0 Å². The van der Waals surface area contributed by atoms with Crippen LogP contribution in [-0.2, 0) is 0 Å². The van der Waals surface area contributed by atoms with Gasteiger partial charge in [0, 0.05) is 48.0 Å². The maximum Gasteiger partial charge on any atom is 0.0782 e. The number of hydrogen-bond donors (Lipinski definition) is 0. The first-order valence-electron chi connectivity index (χ1n) is 18.8. The highest BCUT2D eigenvalue weighted by Gasteiger charge is 2.21. The minimum atomic E-state index is 1.10. The van der Waals surface area contributed by atoms with Gasteiger partial charge in [0.05, 0.1) is 16.7 Å². The summed E-state index contributed by atoms with van der Waals surface area (Å²) in [6.07, 6.45) is 0. The lowest BCUT2D eigenvalue weighted by atomic mass is 9.98. The van der Waals surface area contributed by atoms with Crippen LogP contribution in [-0.4, -0.2) is 4.57 Å². The molecule has 0 saturated heterocycles. The van der Waals surface area contributed by atoms with Crippen LogP contribution in [0.2, 0.25) is 0 Å². The number of benzene rings is 9. The summed E-state index contributed by atoms with van der Waals surface area (Å²) in [5.41, 5.74) is 11.6. The molecule has 258 valence electrons. The molecule has 11 aromatic rings. The van der Waals surface area contributed by atoms with Crippen molar-refractivity contribution in [3.8, 4) is 27.9 Å². The fourth-order valence-electron chi connectivity index (χ4n) is 8.41. The minimum Gasteiger partial charge on any atom is -0.308 e. The maximum atomic E-state index is 2.42. The largest absolute Gasteiger partial charge is 0.308 e. The summed E-state index contributed by atoms with van der Waals surface area (Å²) in [4.78, 5) is 2.42. The zero-order valence-electron chi connectivity index (χ0n) is 29.9. The molecule has 0 spiro atoms. The van der Waals surface area contributed by atoms with Crippen molar-refractivity contribution in [2.75, 3.05) is 4.90 Å². The third-order valence-corrected chi connectivity index (χ3v) is 12.1. The highest BCUT2D eigenvalue weighted by atomic mass is 32.1. The van der Waals surface area contributed by atoms with E-state index < -0.39 is 0 Å². The monoisotopic (exact) mass is 718 g/mol. The van der Waals surface area contributed by atoms with Crippen molar-refractivity contribution >= 4 is 81.1 Å². The second-order valence-electron chi connectivity index (χ2n) is 14.1. The quantitative estimate of drug-likeness (QED) is 0.166. The van der Waals surface area contributed by atoms with Gasteiger partial charge in [-0.3, -0.25) is 0 Å². The highest BCUT2D eigenvalue weighted by Crippen LogP contribution is 2.45. The third kappa shape index (κ3) is 5.24. The van der Waals surface area contributed by atoms with Crippen molar-refractivity contribution in [3.05, 3.63) is 206 Å². The minimum absolute atomic E-state index is 1.10. The van der Waals surface area contributed by atoms with E-state index in [1.165, 1.54) is 75.0 Å². The van der Waals surface area contributed by atoms with Gasteiger partial charge in [-0.25, -0.2) is 0 Å². The van der Waals surface area contributed by atoms with Crippen molar-refractivity contribution in [1.29, 1.82) is 0 Å². The topological polar surface area (TPSA) is 8.17 Å². The molecule has 0 unspecified atom stereocenters. The van der Waals surface area contributed by atoms with Crippen molar-refractivity contribution < 1.29 is 0 Å². The lowest BCUT2D eigenvalue weighted by molar-refractivity contribution is 1.17. The molecule has 0 amide bonds. The molecule has 0 bridgehead atoms. The average molecular weight is 719 g/mol. The Hall–Kier alpha value is -6.94. The summed E-state index contributed by atoms with van der Waals surface area (Å²) in [5.74, 6) is 0. The van der Waals surface area contributed by atoms with Crippen molar-refractivity contribution in [2.45, 2.75) is 0 Å². The van der Waals surface area contributed by atoms with Crippen LogP contribution in [0.5, 0.6) is 0 Å². The Kier molecular flexibility index (Phi) is 7.39. The predicted octanol–water partition coefficient (Wildman–Crippen LogP) is 15.1. The summed E-state index contributed by atoms with van der Waals surface area (Å²) in [5, 5.41) is 7.71. The van der Waals surface area contributed by atoms with Crippen LogP contribution >= 0.6 is 11.3 Å². The molecule has 3 heteroatoms. The molecular weight excluding hydrogens is 685 g/mol. The summed E-state index contributed by atoms with van der Waals surface area (Å²) in [6, 6.07) is 75.1. The summed E-state index contributed by atoms with van der Waals surface area (Å²) >= 11 is 1.87. The molecule has 0 fully saturated rings. The normalized spacial score (nSPS) is 11.6. The van der Waals surface area contributed by atoms with Crippen LogP contribution in [0.4, 0.5) is 17.1 Å². The van der Waals surface area contributed by atoms with Gasteiger partial charge in [-0.2, -0.15) is 0 Å². The highest BCUT2D eigenvalue weighted by molar-refractivity contribution is 7.26. The second kappa shape index (κ2) is 12.9. The van der Waals surface area contributed by atoms with Gasteiger partial charge in [0.15, 0.2) is 0 Å². The third-order valence-electron chi connectivity index (χ3n) is 11.0. The lowest BCUT2D eigenvalue weighted by Gasteiger charge is -2.27. The first kappa shape index (κ1) is 31.6. The molecule has 0 N–H and O–H groups in total. The summed E-state index contributed by atoms with van der Waals surface area (Å²) in [6.45, 7) is 0. The number of rotatable bonds is 6. The molecule has 2 heterocycles. The molecule has 0 aliphatic heterocycles. The van der Waals surface area contributed by atoms with E-state index in [1.807, 2.05) is 11.3 Å². The van der Waals surface area contributed by atoms with E-state index in [0.29, 0.717) is 0 Å². The Morgan fingerprint density at radius 2 is 0.964 bits per heavy atom. The number of aromatic nitrogens is 1. The van der Waals surface area contributed by atoms with E-state index in [4.69, 9.17) is 0 Å². The fraction of sp³-hybridized carbons (Fsp3) is 0. The van der Waals surface area contributed by atoms with Crippen molar-refractivity contribution in [3.63, 3.8) is 0 Å². The van der Waals surface area contributed by atoms with Crippen LogP contribution in [0.15, 0.2) is 206 Å². The number of para-hydroxylation sites is 3. The van der Waals surface area contributed by atoms with Crippen LogP contribution in [0.1, 0.15) is 0 Å². The van der Waals surface area contributed by atoms with Gasteiger partial charge in [-0.05, 0) is 99.8 Å². The molecular formula is C52H34N2S. The van der Waals surface area contributed by atoms with Crippen LogP contribution < -0.4 is 4.90 Å². The SMILES string of the molecule is c1ccc(-c2ccc(N(c3ccc(-c4ccc5ccc6sc7ccccc7c6c5c4)cc3)c3cccc4c5ccccc5n(-c5ccccc5)c34)cc2)cc1. The summed E-state index contributed by atoms with van der Waals surface area (Å²) in [7, 11) is 0. The van der Waals surface area contributed by atoms with E-state index in [-0.39, 0.29) is 0 Å². The lowest BCUT2D eigenvalue weighted by Crippen LogP contribution is -2.11. The number of hydrogen-bond acceptors (Lipinski definition) is 2. The molecule has 0 saturated carbocycles. The standard InChI is InChI=1S/C52H34N2S/c1-3-12-35(13-4-1)36-24-29-41(30-25-36)53(48-20-11-18-44-43-16-7-9-19-47(43)54(52(44)48)40-14-5-2-6-15-40)42-31-26-37(27-32-42)39-23-22-38-28-33-50-51(46(38)34-39)45-17-8-10-21-49(45)55-50/h1-34H. The average Bonchev–Trinajstić information content (AvgIpc) is 3.82. The van der Waals surface area contributed by atoms with Crippen molar-refractivity contribution in [2.24, 2.45) is 0 Å². The Morgan fingerprint density at radius 1 is 0.382 bits per heavy atom. The molecule has 0 aliphatic rings. The van der Waals surface area contributed by atoms with Gasteiger partial charge < -0.3 is 9.47 Å². The van der Waals surface area contributed by atoms with E-state index in [9.17, 15) is 0 Å². The zero-order chi connectivity index (χ0) is 36.3. The van der Waals surface area contributed by atoms with Gasteiger partial charge in [-0.15, -0.1) is 11.3 Å². The smallest absolute Gasteiger partial charge is 0.0782 e. The Bertz CT molecular complexity index is 3180. The van der Waals surface area contributed by atoms with Crippen molar-refractivity contribution in [1.82, 2.24) is 4.57 Å². The molecule has 0 radical (unpaired) electrons. The van der Waals surface area contributed by atoms with Crippen LogP contribution in [0.3, 0.4) is 0 Å². The molecule has 0 atom stereocenters. The Morgan fingerprint density at radius 3 is 1.73 bits per heavy atom. The van der Waals surface area contributed by atoms with E-state index in [0.717, 1.165) is 22.7 Å². The number of thiophene rings is 1. The van der Waals surface area contributed by atoms with Crippen LogP contribution in [0.25, 0.3) is 80.7 Å². The summed E-state index contributed by atoms with van der Waals surface area (Å²) < 4.78 is 5.08. The van der Waals surface area contributed by atoms with Gasteiger partial charge in [0.2, 0.25) is 0 Å². The molecule has 11 rings (SSSR count). The first-order valence-corrected chi connectivity index (χ1v) is 19.6.